The summed E-state index contributed by atoms with van der Waals surface area (Å²) in [5.41, 5.74) is 2.31. The minimum Gasteiger partial charge on any atom is -0.370 e. The molecule has 1 saturated heterocycles. The number of benzene rings is 1. The Kier molecular flexibility index (Phi) is 7.24. The fourth-order valence-corrected chi connectivity index (χ4v) is 3.16. The summed E-state index contributed by atoms with van der Waals surface area (Å²) in [6.45, 7) is 2.85. The minimum absolute atomic E-state index is 0.0237. The number of amides is 1. The van der Waals surface area contributed by atoms with Crippen molar-refractivity contribution in [1.82, 2.24) is 24.9 Å². The van der Waals surface area contributed by atoms with Gasteiger partial charge < -0.3 is 19.9 Å². The van der Waals surface area contributed by atoms with Crippen molar-refractivity contribution < 1.29 is 9.53 Å². The van der Waals surface area contributed by atoms with Crippen molar-refractivity contribution in [3.8, 4) is 0 Å². The topological polar surface area (TPSA) is 75.0 Å². The van der Waals surface area contributed by atoms with Crippen LogP contribution in [-0.2, 0) is 23.0 Å². The number of aryl methyl sites for hydroxylation is 1. The molecule has 1 N–H and O–H groups in total. The predicted octanol–water partition coefficient (Wildman–Crippen LogP) is 1.07. The first-order valence-corrected chi connectivity index (χ1v) is 9.90. The van der Waals surface area contributed by atoms with E-state index in [1.54, 1.807) is 23.7 Å². The predicted molar refractivity (Wildman–Crippen MR) is 113 cm³/mol. The molecule has 1 atom stereocenters. The van der Waals surface area contributed by atoms with E-state index in [0.717, 1.165) is 31.0 Å². The molecule has 8 heteroatoms. The molecule has 1 aromatic heterocycles. The van der Waals surface area contributed by atoms with Crippen LogP contribution in [-0.4, -0.2) is 78.3 Å². The lowest BCUT2D eigenvalue weighted by Gasteiger charge is -2.35. The van der Waals surface area contributed by atoms with E-state index in [9.17, 15) is 4.79 Å². The zero-order chi connectivity index (χ0) is 20.6. The van der Waals surface area contributed by atoms with Gasteiger partial charge in [-0.2, -0.15) is 5.10 Å². The van der Waals surface area contributed by atoms with Gasteiger partial charge in [0.05, 0.1) is 19.3 Å². The van der Waals surface area contributed by atoms with Gasteiger partial charge >= 0.3 is 0 Å². The van der Waals surface area contributed by atoms with E-state index in [2.05, 4.69) is 32.4 Å². The SMILES string of the molecule is CN(C)C(=O)CN=C(NCCc1ccccc1)N1CCOC(c2cnn(C)c2)C1. The summed E-state index contributed by atoms with van der Waals surface area (Å²) in [7, 11) is 5.38. The highest BCUT2D eigenvalue weighted by Gasteiger charge is 2.25. The molecule has 1 aromatic carbocycles. The third kappa shape index (κ3) is 6.05. The van der Waals surface area contributed by atoms with Crippen LogP contribution in [0.15, 0.2) is 47.7 Å². The molecule has 1 amide bonds. The molecule has 8 nitrogen and oxygen atoms in total. The molecule has 156 valence electrons. The zero-order valence-corrected chi connectivity index (χ0v) is 17.4. The monoisotopic (exact) mass is 398 g/mol. The van der Waals surface area contributed by atoms with Crippen molar-refractivity contribution in [1.29, 1.82) is 0 Å². The molecular weight excluding hydrogens is 368 g/mol. The first-order chi connectivity index (χ1) is 14.0. The van der Waals surface area contributed by atoms with Gasteiger partial charge in [-0.1, -0.05) is 30.3 Å². The molecule has 0 bridgehead atoms. The van der Waals surface area contributed by atoms with Gasteiger partial charge in [0.1, 0.15) is 12.6 Å². The van der Waals surface area contributed by atoms with Crippen LogP contribution >= 0.6 is 0 Å². The van der Waals surface area contributed by atoms with E-state index < -0.39 is 0 Å². The highest BCUT2D eigenvalue weighted by molar-refractivity contribution is 5.85. The van der Waals surface area contributed by atoms with Gasteiger partial charge in [-0.3, -0.25) is 9.48 Å². The average molecular weight is 399 g/mol. The van der Waals surface area contributed by atoms with E-state index in [1.165, 1.54) is 5.56 Å². The van der Waals surface area contributed by atoms with Gasteiger partial charge in [0, 0.05) is 46.0 Å². The van der Waals surface area contributed by atoms with Crippen molar-refractivity contribution in [3.05, 3.63) is 53.9 Å². The quantitative estimate of drug-likeness (QED) is 0.582. The van der Waals surface area contributed by atoms with Crippen LogP contribution in [0.25, 0.3) is 0 Å². The summed E-state index contributed by atoms with van der Waals surface area (Å²) in [5.74, 6) is 0.720. The molecule has 0 saturated carbocycles. The number of carbonyl (C=O) groups excluding carboxylic acids is 1. The number of nitrogens with zero attached hydrogens (tertiary/aromatic N) is 5. The van der Waals surface area contributed by atoms with Crippen LogP contribution in [0.5, 0.6) is 0 Å². The number of carbonyl (C=O) groups is 1. The third-order valence-corrected chi connectivity index (χ3v) is 4.87. The molecule has 1 fully saturated rings. The van der Waals surface area contributed by atoms with E-state index in [0.29, 0.717) is 13.2 Å². The summed E-state index contributed by atoms with van der Waals surface area (Å²) < 4.78 is 7.72. The normalized spacial score (nSPS) is 17.3. The Morgan fingerprint density at radius 2 is 2.14 bits per heavy atom. The highest BCUT2D eigenvalue weighted by Crippen LogP contribution is 2.21. The first kappa shape index (κ1) is 20.9. The lowest BCUT2D eigenvalue weighted by atomic mass is 10.1. The van der Waals surface area contributed by atoms with Gasteiger partial charge in [0.15, 0.2) is 5.96 Å². The fraction of sp³-hybridized carbons (Fsp3) is 0.476. The Labute approximate surface area is 172 Å². The standard InChI is InChI=1S/C21H30N6O2/c1-25(2)20(28)14-23-21(22-10-9-17-7-5-4-6-8-17)27-11-12-29-19(16-27)18-13-24-26(3)15-18/h4-8,13,15,19H,9-12,14,16H2,1-3H3,(H,22,23). The molecule has 0 aliphatic carbocycles. The number of rotatable bonds is 6. The van der Waals surface area contributed by atoms with Crippen LogP contribution in [0.4, 0.5) is 0 Å². The Bertz CT molecular complexity index is 818. The summed E-state index contributed by atoms with van der Waals surface area (Å²) in [5, 5.41) is 7.68. The summed E-state index contributed by atoms with van der Waals surface area (Å²) in [4.78, 5) is 20.4. The lowest BCUT2D eigenvalue weighted by molar-refractivity contribution is -0.127. The number of hydrogen-bond donors (Lipinski definition) is 1. The Hall–Kier alpha value is -2.87. The zero-order valence-electron chi connectivity index (χ0n) is 17.4. The molecule has 1 aliphatic heterocycles. The maximum Gasteiger partial charge on any atom is 0.243 e. The second-order valence-electron chi connectivity index (χ2n) is 7.34. The smallest absolute Gasteiger partial charge is 0.243 e. The number of aromatic nitrogens is 2. The molecule has 0 radical (unpaired) electrons. The number of likely N-dealkylation sites (N-methyl/N-ethyl adjacent to an activating group) is 1. The summed E-state index contributed by atoms with van der Waals surface area (Å²) in [6.07, 6.45) is 4.63. The number of aliphatic imine (C=N–C) groups is 1. The maximum atomic E-state index is 12.1. The number of morpholine rings is 1. The average Bonchev–Trinajstić information content (AvgIpc) is 3.17. The van der Waals surface area contributed by atoms with Crippen molar-refractivity contribution >= 4 is 11.9 Å². The number of nitrogens with one attached hydrogen (secondary N) is 1. The molecule has 3 rings (SSSR count). The van der Waals surface area contributed by atoms with Crippen molar-refractivity contribution in [2.75, 3.05) is 46.9 Å². The van der Waals surface area contributed by atoms with Crippen LogP contribution in [0.2, 0.25) is 0 Å². The number of ether oxygens (including phenoxy) is 1. The van der Waals surface area contributed by atoms with Crippen LogP contribution in [0.3, 0.4) is 0 Å². The van der Waals surface area contributed by atoms with Crippen molar-refractivity contribution in [2.24, 2.45) is 12.0 Å². The van der Waals surface area contributed by atoms with E-state index in [1.807, 2.05) is 37.6 Å². The molecule has 2 aromatic rings. The van der Waals surface area contributed by atoms with Crippen molar-refractivity contribution in [2.45, 2.75) is 12.5 Å². The highest BCUT2D eigenvalue weighted by atomic mass is 16.5. The largest absolute Gasteiger partial charge is 0.370 e. The van der Waals surface area contributed by atoms with Gasteiger partial charge in [-0.15, -0.1) is 0 Å². The minimum atomic E-state index is -0.0666. The fourth-order valence-electron chi connectivity index (χ4n) is 3.16. The van der Waals surface area contributed by atoms with Gasteiger partial charge in [-0.05, 0) is 12.0 Å². The Morgan fingerprint density at radius 1 is 1.34 bits per heavy atom. The third-order valence-electron chi connectivity index (χ3n) is 4.87. The second-order valence-corrected chi connectivity index (χ2v) is 7.34. The van der Waals surface area contributed by atoms with Crippen molar-refractivity contribution in [3.63, 3.8) is 0 Å². The van der Waals surface area contributed by atoms with Gasteiger partial charge in [0.2, 0.25) is 5.91 Å². The molecule has 1 aliphatic rings. The summed E-state index contributed by atoms with van der Waals surface area (Å²) >= 11 is 0. The lowest BCUT2D eigenvalue weighted by Crippen LogP contribution is -2.49. The molecule has 1 unspecified atom stereocenters. The van der Waals surface area contributed by atoms with E-state index in [-0.39, 0.29) is 18.6 Å². The molecular formula is C21H30N6O2. The maximum absolute atomic E-state index is 12.1. The number of guanidine groups is 1. The molecule has 2 heterocycles. The Morgan fingerprint density at radius 3 is 2.83 bits per heavy atom. The Balaban J connectivity index is 1.67. The summed E-state index contributed by atoms with van der Waals surface area (Å²) in [6, 6.07) is 10.3. The van der Waals surface area contributed by atoms with Crippen LogP contribution in [0, 0.1) is 0 Å². The molecule has 0 spiro atoms. The van der Waals surface area contributed by atoms with E-state index >= 15 is 0 Å². The van der Waals surface area contributed by atoms with Crippen LogP contribution in [0.1, 0.15) is 17.2 Å². The second kappa shape index (κ2) is 10.1. The molecule has 29 heavy (non-hydrogen) atoms. The van der Waals surface area contributed by atoms with Gasteiger partial charge in [0.25, 0.3) is 0 Å². The number of hydrogen-bond acceptors (Lipinski definition) is 4. The van der Waals surface area contributed by atoms with E-state index in [4.69, 9.17) is 4.74 Å². The first-order valence-electron chi connectivity index (χ1n) is 9.90. The van der Waals surface area contributed by atoms with Gasteiger partial charge in [-0.25, -0.2) is 4.99 Å². The van der Waals surface area contributed by atoms with Crippen LogP contribution < -0.4 is 5.32 Å².